The van der Waals surface area contributed by atoms with E-state index in [1.54, 1.807) is 0 Å². The Balaban J connectivity index is 1.45. The summed E-state index contributed by atoms with van der Waals surface area (Å²) < 4.78 is 6.12. The topological polar surface area (TPSA) is 82.7 Å². The highest BCUT2D eigenvalue weighted by Gasteiger charge is 2.11. The Kier molecular flexibility index (Phi) is 6.92. The predicted octanol–water partition coefficient (Wildman–Crippen LogP) is 4.24. The smallest absolute Gasteiger partial charge is 0.155 e. The van der Waals surface area contributed by atoms with E-state index in [2.05, 4.69) is 61.5 Å². The molecule has 0 spiro atoms. The summed E-state index contributed by atoms with van der Waals surface area (Å²) in [5, 5.41) is 15.6. The third-order valence-corrected chi connectivity index (χ3v) is 5.47. The van der Waals surface area contributed by atoms with Gasteiger partial charge in [0, 0.05) is 29.6 Å². The van der Waals surface area contributed by atoms with Crippen LogP contribution in [-0.2, 0) is 11.2 Å². The van der Waals surface area contributed by atoms with Crippen LogP contribution < -0.4 is 0 Å². The molecule has 3 aromatic rings. The zero-order valence-corrected chi connectivity index (χ0v) is 17.6. The molecule has 1 saturated heterocycles. The maximum atomic E-state index is 6.12. The van der Waals surface area contributed by atoms with Crippen molar-refractivity contribution in [1.82, 2.24) is 30.3 Å². The van der Waals surface area contributed by atoms with Crippen molar-refractivity contribution in [2.45, 2.75) is 39.0 Å². The third kappa shape index (κ3) is 5.16. The van der Waals surface area contributed by atoms with E-state index >= 15 is 0 Å². The number of fused-ring (bicyclic) bond motifs is 1. The average molecular weight is 407 g/mol. The summed E-state index contributed by atoms with van der Waals surface area (Å²) in [4.78, 5) is 6.74. The molecular formula is C23H30N6O. The maximum Gasteiger partial charge on any atom is 0.155 e. The van der Waals surface area contributed by atoms with Gasteiger partial charge in [0.25, 0.3) is 0 Å². The first-order chi connectivity index (χ1) is 14.8. The van der Waals surface area contributed by atoms with E-state index in [4.69, 9.17) is 4.74 Å². The molecule has 158 valence electrons. The lowest BCUT2D eigenvalue weighted by molar-refractivity contribution is 0.148. The molecule has 4 rings (SSSR count). The SMILES string of the molecule is CC/C=C\C(=C/Cc1[nH]nc2ccc(-c3ncn[nH]3)cc12)OCCN1CCCCC1. The molecule has 1 aliphatic rings. The fourth-order valence-electron chi connectivity index (χ4n) is 3.80. The van der Waals surface area contributed by atoms with Gasteiger partial charge in [-0.15, -0.1) is 0 Å². The first-order valence-electron chi connectivity index (χ1n) is 10.9. The number of allylic oxidation sites excluding steroid dienone is 3. The highest BCUT2D eigenvalue weighted by molar-refractivity contribution is 5.85. The van der Waals surface area contributed by atoms with Crippen molar-refractivity contribution in [2.24, 2.45) is 0 Å². The molecule has 0 aliphatic carbocycles. The number of nitrogens with one attached hydrogen (secondary N) is 2. The second-order valence-corrected chi connectivity index (χ2v) is 7.64. The van der Waals surface area contributed by atoms with E-state index in [0.717, 1.165) is 59.7 Å². The Morgan fingerprint density at radius 3 is 2.90 bits per heavy atom. The summed E-state index contributed by atoms with van der Waals surface area (Å²) in [7, 11) is 0. The molecule has 1 fully saturated rings. The second-order valence-electron chi connectivity index (χ2n) is 7.64. The van der Waals surface area contributed by atoms with Gasteiger partial charge >= 0.3 is 0 Å². The minimum atomic E-state index is 0.721. The largest absolute Gasteiger partial charge is 0.493 e. The molecule has 1 aliphatic heterocycles. The lowest BCUT2D eigenvalue weighted by Gasteiger charge is -2.26. The van der Waals surface area contributed by atoms with Gasteiger partial charge in [0.05, 0.1) is 5.52 Å². The number of rotatable bonds is 9. The van der Waals surface area contributed by atoms with Gasteiger partial charge in [-0.25, -0.2) is 4.98 Å². The summed E-state index contributed by atoms with van der Waals surface area (Å²) >= 11 is 0. The highest BCUT2D eigenvalue weighted by Crippen LogP contribution is 2.23. The van der Waals surface area contributed by atoms with Crippen molar-refractivity contribution in [2.75, 3.05) is 26.2 Å². The first kappa shape index (κ1) is 20.3. The summed E-state index contributed by atoms with van der Waals surface area (Å²) in [6.07, 6.45) is 13.6. The van der Waals surface area contributed by atoms with Crippen LogP contribution in [0.3, 0.4) is 0 Å². The Labute approximate surface area is 177 Å². The maximum absolute atomic E-state index is 6.12. The number of hydrogen-bond acceptors (Lipinski definition) is 5. The molecule has 0 radical (unpaired) electrons. The van der Waals surface area contributed by atoms with E-state index in [1.165, 1.54) is 38.7 Å². The van der Waals surface area contributed by atoms with Crippen molar-refractivity contribution >= 4 is 10.9 Å². The minimum absolute atomic E-state index is 0.721. The molecular weight excluding hydrogens is 376 g/mol. The molecule has 0 amide bonds. The molecule has 0 bridgehead atoms. The Bertz CT molecular complexity index is 982. The van der Waals surface area contributed by atoms with Crippen molar-refractivity contribution in [3.63, 3.8) is 0 Å². The average Bonchev–Trinajstić information content (AvgIpc) is 3.46. The summed E-state index contributed by atoms with van der Waals surface area (Å²) in [5.41, 5.74) is 3.00. The van der Waals surface area contributed by atoms with Gasteiger partial charge in [-0.1, -0.05) is 19.4 Å². The third-order valence-electron chi connectivity index (χ3n) is 5.47. The number of ether oxygens (including phenoxy) is 1. The van der Waals surface area contributed by atoms with Crippen LogP contribution in [0.5, 0.6) is 0 Å². The van der Waals surface area contributed by atoms with E-state index < -0.39 is 0 Å². The van der Waals surface area contributed by atoms with Crippen molar-refractivity contribution in [3.8, 4) is 11.4 Å². The number of hydrogen-bond donors (Lipinski definition) is 2. The zero-order valence-electron chi connectivity index (χ0n) is 17.6. The summed E-state index contributed by atoms with van der Waals surface area (Å²) in [5.74, 6) is 1.68. The van der Waals surface area contributed by atoms with Crippen LogP contribution in [0.4, 0.5) is 0 Å². The van der Waals surface area contributed by atoms with Crippen LogP contribution >= 0.6 is 0 Å². The van der Waals surface area contributed by atoms with E-state index in [9.17, 15) is 0 Å². The molecule has 2 N–H and O–H groups in total. The Morgan fingerprint density at radius 1 is 1.20 bits per heavy atom. The Hall–Kier alpha value is -2.93. The molecule has 7 nitrogen and oxygen atoms in total. The van der Waals surface area contributed by atoms with Crippen LogP contribution in [-0.4, -0.2) is 56.5 Å². The highest BCUT2D eigenvalue weighted by atomic mass is 16.5. The number of H-pyrrole nitrogens is 2. The van der Waals surface area contributed by atoms with Crippen molar-refractivity contribution in [3.05, 3.63) is 54.2 Å². The van der Waals surface area contributed by atoms with Gasteiger partial charge in [0.1, 0.15) is 18.7 Å². The quantitative estimate of drug-likeness (QED) is 0.410. The molecule has 3 heterocycles. The van der Waals surface area contributed by atoms with Crippen molar-refractivity contribution in [1.29, 1.82) is 0 Å². The van der Waals surface area contributed by atoms with Crippen molar-refractivity contribution < 1.29 is 4.74 Å². The summed E-state index contributed by atoms with van der Waals surface area (Å²) in [6, 6.07) is 6.10. The summed E-state index contributed by atoms with van der Waals surface area (Å²) in [6.45, 7) is 6.24. The predicted molar refractivity (Wildman–Crippen MR) is 119 cm³/mol. The molecule has 1 aromatic carbocycles. The van der Waals surface area contributed by atoms with Crippen LogP contribution in [0.2, 0.25) is 0 Å². The van der Waals surface area contributed by atoms with Gasteiger partial charge < -0.3 is 4.74 Å². The standard InChI is InChI=1S/C23H30N6O/c1-2-3-7-19(30-15-14-29-12-5-4-6-13-29)9-11-22-20-16-18(23-24-17-25-28-23)8-10-21(20)26-27-22/h3,7-10,16-17H,2,4-6,11-15H2,1H3,(H,26,27)(H,24,25,28)/b7-3-,19-9+. The van der Waals surface area contributed by atoms with E-state index in [1.807, 2.05) is 12.1 Å². The second kappa shape index (κ2) is 10.2. The Morgan fingerprint density at radius 2 is 2.10 bits per heavy atom. The van der Waals surface area contributed by atoms with Gasteiger partial charge in [-0.05, 0) is 62.7 Å². The van der Waals surface area contributed by atoms with Crippen LogP contribution in [0, 0.1) is 0 Å². The zero-order chi connectivity index (χ0) is 20.6. The monoisotopic (exact) mass is 406 g/mol. The molecule has 7 heteroatoms. The molecule has 0 atom stereocenters. The van der Waals surface area contributed by atoms with Gasteiger partial charge in [0.2, 0.25) is 0 Å². The number of likely N-dealkylation sites (tertiary alicyclic amines) is 1. The number of nitrogens with zero attached hydrogens (tertiary/aromatic N) is 4. The minimum Gasteiger partial charge on any atom is -0.493 e. The fourth-order valence-corrected chi connectivity index (χ4v) is 3.80. The molecule has 2 aromatic heterocycles. The first-order valence-corrected chi connectivity index (χ1v) is 10.9. The van der Waals surface area contributed by atoms with Gasteiger partial charge in [-0.3, -0.25) is 15.1 Å². The van der Waals surface area contributed by atoms with Crippen LogP contribution in [0.15, 0.2) is 48.5 Å². The molecule has 0 unspecified atom stereocenters. The van der Waals surface area contributed by atoms with E-state index in [-0.39, 0.29) is 0 Å². The normalized spacial score (nSPS) is 16.0. The van der Waals surface area contributed by atoms with Gasteiger partial charge in [-0.2, -0.15) is 10.2 Å². The van der Waals surface area contributed by atoms with Crippen LogP contribution in [0.1, 0.15) is 38.3 Å². The van der Waals surface area contributed by atoms with Gasteiger partial charge in [0.15, 0.2) is 5.82 Å². The van der Waals surface area contributed by atoms with E-state index in [0.29, 0.717) is 0 Å². The number of benzene rings is 1. The number of aromatic amines is 2. The fraction of sp³-hybridized carbons (Fsp3) is 0.435. The lowest BCUT2D eigenvalue weighted by Crippen LogP contribution is -2.32. The number of aromatic nitrogens is 5. The molecule has 30 heavy (non-hydrogen) atoms. The lowest BCUT2D eigenvalue weighted by atomic mass is 10.1. The van der Waals surface area contributed by atoms with Crippen LogP contribution in [0.25, 0.3) is 22.3 Å². The number of piperidine rings is 1. The molecule has 0 saturated carbocycles.